The van der Waals surface area contributed by atoms with E-state index in [0.29, 0.717) is 13.2 Å². The van der Waals surface area contributed by atoms with Crippen molar-refractivity contribution in [2.75, 3.05) is 32.1 Å². The highest BCUT2D eigenvalue weighted by molar-refractivity contribution is 5.92. The van der Waals surface area contributed by atoms with Crippen molar-refractivity contribution >= 4 is 11.7 Å². The SMILES string of the molecule is COCCNCC(=O)Nc1nc(C)ccc1O. The first-order chi connectivity index (χ1) is 8.13. The van der Waals surface area contributed by atoms with Crippen LogP contribution in [0.25, 0.3) is 0 Å². The number of carbonyl (C=O) groups is 1. The summed E-state index contributed by atoms with van der Waals surface area (Å²) in [5.74, 6) is -0.112. The van der Waals surface area contributed by atoms with Crippen LogP contribution in [-0.4, -0.2) is 42.8 Å². The quantitative estimate of drug-likeness (QED) is 0.621. The fraction of sp³-hybridized carbons (Fsp3) is 0.455. The molecule has 0 fully saturated rings. The van der Waals surface area contributed by atoms with Gasteiger partial charge in [-0.25, -0.2) is 4.98 Å². The van der Waals surface area contributed by atoms with Gasteiger partial charge in [0, 0.05) is 19.3 Å². The minimum absolute atomic E-state index is 0.0409. The fourth-order valence-electron chi connectivity index (χ4n) is 1.19. The number of carbonyl (C=O) groups excluding carboxylic acids is 1. The zero-order valence-corrected chi connectivity index (χ0v) is 9.99. The molecule has 17 heavy (non-hydrogen) atoms. The van der Waals surface area contributed by atoms with Crippen molar-refractivity contribution < 1.29 is 14.6 Å². The first kappa shape index (κ1) is 13.4. The lowest BCUT2D eigenvalue weighted by Crippen LogP contribution is -2.30. The highest BCUT2D eigenvalue weighted by Crippen LogP contribution is 2.19. The molecule has 1 heterocycles. The van der Waals surface area contributed by atoms with Crippen molar-refractivity contribution in [2.24, 2.45) is 0 Å². The third-order valence-corrected chi connectivity index (χ3v) is 2.04. The molecule has 0 aliphatic heterocycles. The molecule has 0 atom stereocenters. The molecule has 0 saturated carbocycles. The van der Waals surface area contributed by atoms with E-state index in [-0.39, 0.29) is 24.0 Å². The van der Waals surface area contributed by atoms with E-state index >= 15 is 0 Å². The van der Waals surface area contributed by atoms with Gasteiger partial charge in [0.15, 0.2) is 11.6 Å². The predicted octanol–water partition coefficient (Wildman–Crippen LogP) is 0.270. The number of nitrogens with zero attached hydrogens (tertiary/aromatic N) is 1. The van der Waals surface area contributed by atoms with Crippen LogP contribution in [0.1, 0.15) is 5.69 Å². The largest absolute Gasteiger partial charge is 0.504 e. The Balaban J connectivity index is 2.42. The van der Waals surface area contributed by atoms with Gasteiger partial charge < -0.3 is 20.5 Å². The maximum atomic E-state index is 11.5. The van der Waals surface area contributed by atoms with Gasteiger partial charge in [-0.05, 0) is 19.1 Å². The van der Waals surface area contributed by atoms with Crippen molar-refractivity contribution in [3.8, 4) is 5.75 Å². The number of nitrogens with one attached hydrogen (secondary N) is 2. The Morgan fingerprint density at radius 3 is 3.00 bits per heavy atom. The van der Waals surface area contributed by atoms with Gasteiger partial charge in [-0.3, -0.25) is 4.79 Å². The molecule has 3 N–H and O–H groups in total. The number of hydrogen-bond acceptors (Lipinski definition) is 5. The Bertz CT molecular complexity index is 382. The van der Waals surface area contributed by atoms with E-state index < -0.39 is 0 Å². The molecule has 0 aliphatic carbocycles. The number of anilines is 1. The zero-order valence-electron chi connectivity index (χ0n) is 9.99. The molecule has 1 amide bonds. The third-order valence-electron chi connectivity index (χ3n) is 2.04. The van der Waals surface area contributed by atoms with Crippen LogP contribution in [0, 0.1) is 6.92 Å². The van der Waals surface area contributed by atoms with Crippen molar-refractivity contribution in [2.45, 2.75) is 6.92 Å². The molecular weight excluding hydrogens is 222 g/mol. The van der Waals surface area contributed by atoms with E-state index in [9.17, 15) is 9.90 Å². The average molecular weight is 239 g/mol. The maximum Gasteiger partial charge on any atom is 0.239 e. The smallest absolute Gasteiger partial charge is 0.239 e. The summed E-state index contributed by atoms with van der Waals surface area (Å²) in [6.07, 6.45) is 0. The fourth-order valence-corrected chi connectivity index (χ4v) is 1.19. The molecule has 1 rings (SSSR count). The van der Waals surface area contributed by atoms with Crippen LogP contribution >= 0.6 is 0 Å². The van der Waals surface area contributed by atoms with E-state index in [1.807, 2.05) is 0 Å². The Hall–Kier alpha value is -1.66. The molecular formula is C11H17N3O3. The molecule has 0 aromatic carbocycles. The molecule has 94 valence electrons. The summed E-state index contributed by atoms with van der Waals surface area (Å²) in [4.78, 5) is 15.5. The van der Waals surface area contributed by atoms with Crippen LogP contribution in [0.5, 0.6) is 5.75 Å². The number of rotatable bonds is 6. The van der Waals surface area contributed by atoms with Crippen LogP contribution in [0.3, 0.4) is 0 Å². The van der Waals surface area contributed by atoms with Gasteiger partial charge in [0.05, 0.1) is 13.2 Å². The first-order valence-electron chi connectivity index (χ1n) is 5.29. The summed E-state index contributed by atoms with van der Waals surface area (Å²) in [5.41, 5.74) is 0.727. The summed E-state index contributed by atoms with van der Waals surface area (Å²) in [5, 5.41) is 14.9. The normalized spacial score (nSPS) is 10.2. The van der Waals surface area contributed by atoms with E-state index in [1.165, 1.54) is 6.07 Å². The lowest BCUT2D eigenvalue weighted by Gasteiger charge is -2.07. The van der Waals surface area contributed by atoms with Crippen molar-refractivity contribution in [3.05, 3.63) is 17.8 Å². The maximum absolute atomic E-state index is 11.5. The first-order valence-corrected chi connectivity index (χ1v) is 5.29. The topological polar surface area (TPSA) is 83.5 Å². The molecule has 0 radical (unpaired) electrons. The Morgan fingerprint density at radius 1 is 1.53 bits per heavy atom. The summed E-state index contributed by atoms with van der Waals surface area (Å²) in [6.45, 7) is 3.07. The predicted molar refractivity (Wildman–Crippen MR) is 64.0 cm³/mol. The lowest BCUT2D eigenvalue weighted by molar-refractivity contribution is -0.115. The number of aromatic nitrogens is 1. The lowest BCUT2D eigenvalue weighted by atomic mass is 10.3. The van der Waals surface area contributed by atoms with Crippen molar-refractivity contribution in [1.29, 1.82) is 0 Å². The van der Waals surface area contributed by atoms with Crippen LogP contribution in [-0.2, 0) is 9.53 Å². The van der Waals surface area contributed by atoms with E-state index in [1.54, 1.807) is 20.1 Å². The van der Waals surface area contributed by atoms with Crippen LogP contribution in [0.2, 0.25) is 0 Å². The standard InChI is InChI=1S/C11H17N3O3/c1-8-3-4-9(15)11(13-8)14-10(16)7-12-5-6-17-2/h3-4,12,15H,5-7H2,1-2H3,(H,13,14,16). The zero-order chi connectivity index (χ0) is 12.7. The highest BCUT2D eigenvalue weighted by Gasteiger charge is 2.07. The highest BCUT2D eigenvalue weighted by atomic mass is 16.5. The van der Waals surface area contributed by atoms with Crippen molar-refractivity contribution in [1.82, 2.24) is 10.3 Å². The second-order valence-electron chi connectivity index (χ2n) is 3.54. The molecule has 0 saturated heterocycles. The summed E-state index contributed by atoms with van der Waals surface area (Å²) in [7, 11) is 1.59. The molecule has 6 nitrogen and oxygen atoms in total. The molecule has 6 heteroatoms. The van der Waals surface area contributed by atoms with Gasteiger partial charge in [0.25, 0.3) is 0 Å². The second kappa shape index (κ2) is 6.82. The van der Waals surface area contributed by atoms with Gasteiger partial charge in [-0.2, -0.15) is 0 Å². The van der Waals surface area contributed by atoms with Gasteiger partial charge >= 0.3 is 0 Å². The Labute approximate surface area is 100 Å². The number of methoxy groups -OCH3 is 1. The molecule has 1 aromatic rings. The number of ether oxygens (including phenoxy) is 1. The number of hydrogen-bond donors (Lipinski definition) is 3. The van der Waals surface area contributed by atoms with E-state index in [2.05, 4.69) is 15.6 Å². The molecule has 1 aromatic heterocycles. The van der Waals surface area contributed by atoms with Gasteiger partial charge in [0.1, 0.15) is 0 Å². The van der Waals surface area contributed by atoms with Gasteiger partial charge in [0.2, 0.25) is 5.91 Å². The Morgan fingerprint density at radius 2 is 2.29 bits per heavy atom. The van der Waals surface area contributed by atoms with Crippen LogP contribution < -0.4 is 10.6 Å². The summed E-state index contributed by atoms with van der Waals surface area (Å²) >= 11 is 0. The molecule has 0 spiro atoms. The number of pyridine rings is 1. The van der Waals surface area contributed by atoms with Gasteiger partial charge in [-0.1, -0.05) is 0 Å². The number of aryl methyl sites for hydroxylation is 1. The third kappa shape index (κ3) is 4.80. The number of aromatic hydroxyl groups is 1. The summed E-state index contributed by atoms with van der Waals surface area (Å²) in [6, 6.07) is 3.16. The van der Waals surface area contributed by atoms with E-state index in [0.717, 1.165) is 5.69 Å². The van der Waals surface area contributed by atoms with Crippen LogP contribution in [0.15, 0.2) is 12.1 Å². The molecule has 0 bridgehead atoms. The second-order valence-corrected chi connectivity index (χ2v) is 3.54. The van der Waals surface area contributed by atoms with E-state index in [4.69, 9.17) is 4.74 Å². The van der Waals surface area contributed by atoms with Crippen molar-refractivity contribution in [3.63, 3.8) is 0 Å². The Kier molecular flexibility index (Phi) is 5.38. The van der Waals surface area contributed by atoms with Crippen LogP contribution in [0.4, 0.5) is 5.82 Å². The van der Waals surface area contributed by atoms with Gasteiger partial charge in [-0.15, -0.1) is 0 Å². The average Bonchev–Trinajstić information content (AvgIpc) is 2.29. The number of amides is 1. The minimum Gasteiger partial charge on any atom is -0.504 e. The monoisotopic (exact) mass is 239 g/mol. The summed E-state index contributed by atoms with van der Waals surface area (Å²) < 4.78 is 4.83. The molecule has 0 unspecified atom stereocenters. The minimum atomic E-state index is -0.255. The molecule has 0 aliphatic rings.